The molecule has 1 saturated heterocycles. The van der Waals surface area contributed by atoms with Gasteiger partial charge >= 0.3 is 0 Å². The molecule has 0 aromatic heterocycles. The summed E-state index contributed by atoms with van der Waals surface area (Å²) in [5, 5.41) is 0. The molecule has 3 atom stereocenters. The first-order valence-electron chi connectivity index (χ1n) is 7.63. The normalized spacial score (nSPS) is 40.1. The second-order valence-electron chi connectivity index (χ2n) is 7.09. The maximum Gasteiger partial charge on any atom is 0.0662 e. The average molecular weight is 269 g/mol. The van der Waals surface area contributed by atoms with Crippen molar-refractivity contribution in [3.63, 3.8) is 0 Å². The van der Waals surface area contributed by atoms with Gasteiger partial charge in [-0.1, -0.05) is 13.8 Å². The van der Waals surface area contributed by atoms with Gasteiger partial charge in [0.2, 0.25) is 0 Å². The molecule has 3 unspecified atom stereocenters. The molecule has 2 aliphatic rings. The van der Waals surface area contributed by atoms with Crippen molar-refractivity contribution in [1.82, 2.24) is 9.80 Å². The van der Waals surface area contributed by atoms with Crippen molar-refractivity contribution in [3.05, 3.63) is 0 Å². The number of likely N-dealkylation sites (N-methyl/N-ethyl adjacent to an activating group) is 1. The molecule has 0 amide bonds. The van der Waals surface area contributed by atoms with Gasteiger partial charge in [-0.15, -0.1) is 0 Å². The Bertz CT molecular complexity index is 321. The highest BCUT2D eigenvalue weighted by molar-refractivity contribution is 5.15. The zero-order valence-electron chi connectivity index (χ0n) is 13.3. The van der Waals surface area contributed by atoms with Crippen molar-refractivity contribution in [2.24, 2.45) is 11.1 Å². The topological polar surface area (TPSA) is 41.7 Å². The molecule has 2 N–H and O–H groups in total. The van der Waals surface area contributed by atoms with Crippen molar-refractivity contribution in [2.45, 2.75) is 51.8 Å². The van der Waals surface area contributed by atoms with E-state index in [4.69, 9.17) is 10.5 Å². The Morgan fingerprint density at radius 1 is 1.32 bits per heavy atom. The number of hydrogen-bond donors (Lipinski definition) is 1. The summed E-state index contributed by atoms with van der Waals surface area (Å²) >= 11 is 0. The van der Waals surface area contributed by atoms with Gasteiger partial charge in [0.25, 0.3) is 0 Å². The van der Waals surface area contributed by atoms with Crippen molar-refractivity contribution >= 4 is 0 Å². The third kappa shape index (κ3) is 2.68. The van der Waals surface area contributed by atoms with Gasteiger partial charge in [-0.2, -0.15) is 0 Å². The zero-order valence-corrected chi connectivity index (χ0v) is 13.3. The number of ether oxygens (including phenoxy) is 1. The molecule has 0 spiro atoms. The average Bonchev–Trinajstić information content (AvgIpc) is 2.33. The maximum atomic E-state index is 6.68. The van der Waals surface area contributed by atoms with Crippen LogP contribution >= 0.6 is 0 Å². The summed E-state index contributed by atoms with van der Waals surface area (Å²) in [6, 6.07) is 0.628. The predicted octanol–water partition coefficient (Wildman–Crippen LogP) is 1.15. The fourth-order valence-electron chi connectivity index (χ4n) is 3.44. The van der Waals surface area contributed by atoms with E-state index in [0.717, 1.165) is 39.2 Å². The Hall–Kier alpha value is -0.160. The standard InChI is InChI=1S/C15H31N3O/c1-6-19-13-9-15(16,14(13,3)4)11-18-8-7-17(5)12(2)10-18/h12-13H,6-11,16H2,1-5H3. The van der Waals surface area contributed by atoms with Crippen LogP contribution in [0.15, 0.2) is 0 Å². The molecule has 1 heterocycles. The number of nitrogens with zero attached hydrogens (tertiary/aromatic N) is 2. The molecule has 0 radical (unpaired) electrons. The maximum absolute atomic E-state index is 6.68. The van der Waals surface area contributed by atoms with Crippen LogP contribution in [0.3, 0.4) is 0 Å². The van der Waals surface area contributed by atoms with Gasteiger partial charge in [0, 0.05) is 49.8 Å². The number of hydrogen-bond acceptors (Lipinski definition) is 4. The molecular weight excluding hydrogens is 238 g/mol. The molecular formula is C15H31N3O. The van der Waals surface area contributed by atoms with Gasteiger partial charge in [-0.25, -0.2) is 0 Å². The minimum Gasteiger partial charge on any atom is -0.378 e. The number of piperazine rings is 1. The summed E-state index contributed by atoms with van der Waals surface area (Å²) < 4.78 is 5.81. The van der Waals surface area contributed by atoms with Crippen molar-refractivity contribution in [2.75, 3.05) is 39.8 Å². The third-order valence-electron chi connectivity index (χ3n) is 5.56. The molecule has 4 nitrogen and oxygen atoms in total. The van der Waals surface area contributed by atoms with Gasteiger partial charge < -0.3 is 15.4 Å². The zero-order chi connectivity index (χ0) is 14.3. The van der Waals surface area contributed by atoms with Crippen LogP contribution in [0.1, 0.15) is 34.1 Å². The van der Waals surface area contributed by atoms with Crippen LogP contribution in [0.5, 0.6) is 0 Å². The molecule has 0 bridgehead atoms. The minimum atomic E-state index is -0.0948. The van der Waals surface area contributed by atoms with Gasteiger partial charge in [-0.05, 0) is 27.3 Å². The van der Waals surface area contributed by atoms with E-state index in [0.29, 0.717) is 12.1 Å². The molecule has 0 aromatic carbocycles. The minimum absolute atomic E-state index is 0.0790. The van der Waals surface area contributed by atoms with E-state index >= 15 is 0 Å². The van der Waals surface area contributed by atoms with Gasteiger partial charge in [0.1, 0.15) is 0 Å². The van der Waals surface area contributed by atoms with Crippen LogP contribution in [-0.2, 0) is 4.74 Å². The second-order valence-corrected chi connectivity index (χ2v) is 7.09. The monoisotopic (exact) mass is 269 g/mol. The SMILES string of the molecule is CCOC1CC(N)(CN2CCN(C)C(C)C2)C1(C)C. The van der Waals surface area contributed by atoms with Crippen LogP contribution < -0.4 is 5.73 Å². The predicted molar refractivity (Wildman–Crippen MR) is 79.3 cm³/mol. The summed E-state index contributed by atoms with van der Waals surface area (Å²) in [5.41, 5.74) is 6.66. The molecule has 1 aliphatic heterocycles. The molecule has 19 heavy (non-hydrogen) atoms. The highest BCUT2D eigenvalue weighted by Crippen LogP contribution is 2.50. The van der Waals surface area contributed by atoms with Gasteiger partial charge in [-0.3, -0.25) is 4.90 Å². The summed E-state index contributed by atoms with van der Waals surface area (Å²) in [6.07, 6.45) is 1.32. The Morgan fingerprint density at radius 3 is 2.53 bits per heavy atom. The first-order chi connectivity index (χ1) is 8.80. The van der Waals surface area contributed by atoms with Gasteiger partial charge in [0.15, 0.2) is 0 Å². The smallest absolute Gasteiger partial charge is 0.0662 e. The Kier molecular flexibility index (Phi) is 4.26. The van der Waals surface area contributed by atoms with E-state index in [-0.39, 0.29) is 11.0 Å². The first-order valence-corrected chi connectivity index (χ1v) is 7.63. The van der Waals surface area contributed by atoms with Crippen LogP contribution in [0, 0.1) is 5.41 Å². The summed E-state index contributed by atoms with van der Waals surface area (Å²) in [4.78, 5) is 4.96. The Morgan fingerprint density at radius 2 is 2.00 bits per heavy atom. The van der Waals surface area contributed by atoms with E-state index in [1.54, 1.807) is 0 Å². The van der Waals surface area contributed by atoms with E-state index in [2.05, 4.69) is 44.5 Å². The van der Waals surface area contributed by atoms with E-state index < -0.39 is 0 Å². The van der Waals surface area contributed by atoms with Crippen LogP contribution in [0.25, 0.3) is 0 Å². The summed E-state index contributed by atoms with van der Waals surface area (Å²) in [7, 11) is 2.21. The number of nitrogens with two attached hydrogens (primary N) is 1. The molecule has 2 rings (SSSR count). The van der Waals surface area contributed by atoms with Gasteiger partial charge in [0.05, 0.1) is 6.10 Å². The number of rotatable bonds is 4. The third-order valence-corrected chi connectivity index (χ3v) is 5.56. The molecule has 4 heteroatoms. The summed E-state index contributed by atoms with van der Waals surface area (Å²) in [6.45, 7) is 14.1. The largest absolute Gasteiger partial charge is 0.378 e. The highest BCUT2D eigenvalue weighted by atomic mass is 16.5. The van der Waals surface area contributed by atoms with E-state index in [1.165, 1.54) is 0 Å². The first kappa shape index (κ1) is 15.2. The van der Waals surface area contributed by atoms with Crippen LogP contribution in [0.2, 0.25) is 0 Å². The fraction of sp³-hybridized carbons (Fsp3) is 1.00. The molecule has 1 aliphatic carbocycles. The second kappa shape index (κ2) is 5.32. The van der Waals surface area contributed by atoms with Crippen LogP contribution in [-0.4, -0.2) is 67.3 Å². The van der Waals surface area contributed by atoms with E-state index in [1.807, 2.05) is 0 Å². The fourth-order valence-corrected chi connectivity index (χ4v) is 3.44. The molecule has 1 saturated carbocycles. The Balaban J connectivity index is 1.93. The van der Waals surface area contributed by atoms with E-state index in [9.17, 15) is 0 Å². The molecule has 2 fully saturated rings. The quantitative estimate of drug-likeness (QED) is 0.831. The van der Waals surface area contributed by atoms with Crippen LogP contribution in [0.4, 0.5) is 0 Å². The lowest BCUT2D eigenvalue weighted by atomic mass is 9.54. The lowest BCUT2D eigenvalue weighted by molar-refractivity contribution is -0.158. The highest BCUT2D eigenvalue weighted by Gasteiger charge is 2.58. The molecule has 112 valence electrons. The summed E-state index contributed by atoms with van der Waals surface area (Å²) in [5.74, 6) is 0. The lowest BCUT2D eigenvalue weighted by Crippen LogP contribution is -2.74. The van der Waals surface area contributed by atoms with Crippen molar-refractivity contribution in [1.29, 1.82) is 0 Å². The van der Waals surface area contributed by atoms with Crippen molar-refractivity contribution in [3.8, 4) is 0 Å². The van der Waals surface area contributed by atoms with Crippen molar-refractivity contribution < 1.29 is 4.74 Å². The lowest BCUT2D eigenvalue weighted by Gasteiger charge is -2.61. The molecule has 0 aromatic rings. The Labute approximate surface area is 118 Å².